The number of halogens is 1. The first-order valence-corrected chi connectivity index (χ1v) is 6.18. The molecule has 1 aromatic heterocycles. The molecule has 0 aliphatic rings. The van der Waals surface area contributed by atoms with Crippen molar-refractivity contribution >= 4 is 28.6 Å². The third-order valence-corrected chi connectivity index (χ3v) is 3.71. The minimum Gasteiger partial charge on any atom is -0.399 e. The van der Waals surface area contributed by atoms with Crippen LogP contribution in [0, 0.1) is 0 Å². The number of benzene rings is 1. The van der Waals surface area contributed by atoms with Gasteiger partial charge in [-0.25, -0.2) is 0 Å². The van der Waals surface area contributed by atoms with Gasteiger partial charge in [0.25, 0.3) is 0 Å². The van der Waals surface area contributed by atoms with Crippen molar-refractivity contribution in [3.05, 3.63) is 51.2 Å². The number of hydrogen-bond acceptors (Lipinski definition) is 3. The molecule has 1 heterocycles. The number of nitrogens with one attached hydrogen (secondary N) is 1. The summed E-state index contributed by atoms with van der Waals surface area (Å²) in [6.07, 6.45) is 0. The van der Waals surface area contributed by atoms with Gasteiger partial charge in [0.05, 0.1) is 10.4 Å². The smallest absolute Gasteiger partial charge is 0.0931 e. The summed E-state index contributed by atoms with van der Waals surface area (Å²) in [5.74, 6) is 0. The summed E-state index contributed by atoms with van der Waals surface area (Å²) < 4.78 is 0.805. The van der Waals surface area contributed by atoms with Gasteiger partial charge in [-0.2, -0.15) is 0 Å². The van der Waals surface area contributed by atoms with E-state index in [-0.39, 0.29) is 6.04 Å². The number of nitrogens with two attached hydrogens (primary N) is 1. The Bertz CT molecular complexity index is 481. The molecule has 0 spiro atoms. The molecule has 2 rings (SSSR count). The lowest BCUT2D eigenvalue weighted by atomic mass is 10.1. The van der Waals surface area contributed by atoms with E-state index in [1.807, 2.05) is 37.4 Å². The molecule has 84 valence electrons. The molecule has 0 bridgehead atoms. The van der Waals surface area contributed by atoms with E-state index in [4.69, 9.17) is 17.3 Å². The second-order valence-corrected chi connectivity index (χ2v) is 5.28. The molecule has 4 heteroatoms. The van der Waals surface area contributed by atoms with Gasteiger partial charge >= 0.3 is 0 Å². The first kappa shape index (κ1) is 11.5. The molecule has 0 saturated carbocycles. The zero-order valence-corrected chi connectivity index (χ0v) is 10.5. The Kier molecular flexibility index (Phi) is 3.49. The van der Waals surface area contributed by atoms with Gasteiger partial charge in [-0.05, 0) is 36.9 Å². The van der Waals surface area contributed by atoms with Crippen molar-refractivity contribution in [3.8, 4) is 0 Å². The van der Waals surface area contributed by atoms with Crippen molar-refractivity contribution in [2.75, 3.05) is 12.8 Å². The lowest BCUT2D eigenvalue weighted by Crippen LogP contribution is -2.16. The Morgan fingerprint density at radius 3 is 2.69 bits per heavy atom. The van der Waals surface area contributed by atoms with Crippen LogP contribution in [0.2, 0.25) is 4.34 Å². The third-order valence-electron chi connectivity index (χ3n) is 2.41. The molecule has 0 amide bonds. The normalized spacial score (nSPS) is 12.6. The Hall–Kier alpha value is -1.03. The van der Waals surface area contributed by atoms with E-state index in [1.165, 1.54) is 4.88 Å². The SMILES string of the molecule is CNC(c1cccc(N)c1)c1ccc(Cl)s1. The Balaban J connectivity index is 2.36. The standard InChI is InChI=1S/C12H13ClN2S/c1-15-12(10-5-6-11(13)16-10)8-3-2-4-9(14)7-8/h2-7,12,15H,14H2,1H3. The van der Waals surface area contributed by atoms with Crippen molar-refractivity contribution in [1.82, 2.24) is 5.32 Å². The second kappa shape index (κ2) is 4.87. The van der Waals surface area contributed by atoms with Crippen molar-refractivity contribution in [2.45, 2.75) is 6.04 Å². The van der Waals surface area contributed by atoms with E-state index >= 15 is 0 Å². The number of nitrogen functional groups attached to an aromatic ring is 1. The molecule has 2 aromatic rings. The predicted octanol–water partition coefficient (Wildman–Crippen LogP) is 3.29. The van der Waals surface area contributed by atoms with Crippen LogP contribution >= 0.6 is 22.9 Å². The van der Waals surface area contributed by atoms with Crippen LogP contribution in [-0.2, 0) is 0 Å². The number of thiophene rings is 1. The predicted molar refractivity (Wildman–Crippen MR) is 71.1 cm³/mol. The molecule has 0 radical (unpaired) electrons. The maximum absolute atomic E-state index is 5.95. The fourth-order valence-electron chi connectivity index (χ4n) is 1.70. The van der Waals surface area contributed by atoms with Gasteiger partial charge in [0.15, 0.2) is 0 Å². The summed E-state index contributed by atoms with van der Waals surface area (Å²) >= 11 is 7.53. The van der Waals surface area contributed by atoms with Crippen LogP contribution in [0.15, 0.2) is 36.4 Å². The van der Waals surface area contributed by atoms with Crippen LogP contribution in [0.1, 0.15) is 16.5 Å². The van der Waals surface area contributed by atoms with Gasteiger partial charge in [0, 0.05) is 10.6 Å². The van der Waals surface area contributed by atoms with Crippen LogP contribution in [0.5, 0.6) is 0 Å². The van der Waals surface area contributed by atoms with Crippen LogP contribution in [0.3, 0.4) is 0 Å². The van der Waals surface area contributed by atoms with Gasteiger partial charge in [-0.3, -0.25) is 0 Å². The fraction of sp³-hybridized carbons (Fsp3) is 0.167. The van der Waals surface area contributed by atoms with Crippen molar-refractivity contribution in [3.63, 3.8) is 0 Å². The zero-order chi connectivity index (χ0) is 11.5. The average Bonchev–Trinajstić information content (AvgIpc) is 2.66. The molecule has 16 heavy (non-hydrogen) atoms. The molecule has 3 N–H and O–H groups in total. The maximum Gasteiger partial charge on any atom is 0.0931 e. The zero-order valence-electron chi connectivity index (χ0n) is 8.91. The fourth-order valence-corrected chi connectivity index (χ4v) is 2.89. The Morgan fingerprint density at radius 2 is 2.12 bits per heavy atom. The van der Waals surface area contributed by atoms with Crippen molar-refractivity contribution in [2.24, 2.45) is 0 Å². The highest BCUT2D eigenvalue weighted by Gasteiger charge is 2.13. The van der Waals surface area contributed by atoms with Crippen molar-refractivity contribution in [1.29, 1.82) is 0 Å². The summed E-state index contributed by atoms with van der Waals surface area (Å²) in [6.45, 7) is 0. The lowest BCUT2D eigenvalue weighted by Gasteiger charge is -2.15. The summed E-state index contributed by atoms with van der Waals surface area (Å²) in [5, 5.41) is 3.27. The Morgan fingerprint density at radius 1 is 1.31 bits per heavy atom. The molecule has 0 aliphatic carbocycles. The lowest BCUT2D eigenvalue weighted by molar-refractivity contribution is 0.704. The highest BCUT2D eigenvalue weighted by atomic mass is 35.5. The van der Waals surface area contributed by atoms with E-state index in [9.17, 15) is 0 Å². The maximum atomic E-state index is 5.95. The molecular formula is C12H13ClN2S. The quantitative estimate of drug-likeness (QED) is 0.823. The third kappa shape index (κ3) is 2.38. The van der Waals surface area contributed by atoms with E-state index in [2.05, 4.69) is 11.4 Å². The van der Waals surface area contributed by atoms with Gasteiger partial charge in [0.2, 0.25) is 0 Å². The van der Waals surface area contributed by atoms with E-state index in [1.54, 1.807) is 11.3 Å². The molecule has 1 aromatic carbocycles. The largest absolute Gasteiger partial charge is 0.399 e. The van der Waals surface area contributed by atoms with Crippen LogP contribution < -0.4 is 11.1 Å². The number of rotatable bonds is 3. The first-order chi connectivity index (χ1) is 7.70. The van der Waals surface area contributed by atoms with Gasteiger partial charge in [-0.15, -0.1) is 11.3 Å². The van der Waals surface area contributed by atoms with Crippen molar-refractivity contribution < 1.29 is 0 Å². The van der Waals surface area contributed by atoms with E-state index in [0.717, 1.165) is 15.6 Å². The highest BCUT2D eigenvalue weighted by Crippen LogP contribution is 2.31. The summed E-state index contributed by atoms with van der Waals surface area (Å²) in [5.41, 5.74) is 7.72. The molecule has 1 atom stereocenters. The van der Waals surface area contributed by atoms with Gasteiger partial charge in [0.1, 0.15) is 0 Å². The minimum absolute atomic E-state index is 0.154. The van der Waals surface area contributed by atoms with E-state index < -0.39 is 0 Å². The molecular weight excluding hydrogens is 240 g/mol. The number of anilines is 1. The summed E-state index contributed by atoms with van der Waals surface area (Å²) in [6, 6.07) is 12.0. The van der Waals surface area contributed by atoms with Crippen LogP contribution in [0.4, 0.5) is 5.69 Å². The average molecular weight is 253 g/mol. The summed E-state index contributed by atoms with van der Waals surface area (Å²) in [4.78, 5) is 1.19. The minimum atomic E-state index is 0.154. The molecule has 0 aliphatic heterocycles. The van der Waals surface area contributed by atoms with Crippen LogP contribution in [-0.4, -0.2) is 7.05 Å². The second-order valence-electron chi connectivity index (χ2n) is 3.53. The number of hydrogen-bond donors (Lipinski definition) is 2. The molecule has 0 fully saturated rings. The Labute approximate surface area is 104 Å². The highest BCUT2D eigenvalue weighted by molar-refractivity contribution is 7.16. The topological polar surface area (TPSA) is 38.0 Å². The first-order valence-electron chi connectivity index (χ1n) is 4.98. The van der Waals surface area contributed by atoms with Gasteiger partial charge < -0.3 is 11.1 Å². The monoisotopic (exact) mass is 252 g/mol. The molecule has 2 nitrogen and oxygen atoms in total. The molecule has 1 unspecified atom stereocenters. The molecule has 0 saturated heterocycles. The summed E-state index contributed by atoms with van der Waals surface area (Å²) in [7, 11) is 1.93. The van der Waals surface area contributed by atoms with Gasteiger partial charge in [-0.1, -0.05) is 23.7 Å². The van der Waals surface area contributed by atoms with E-state index in [0.29, 0.717) is 0 Å². The van der Waals surface area contributed by atoms with Crippen LogP contribution in [0.25, 0.3) is 0 Å².